The molecule has 0 saturated carbocycles. The van der Waals surface area contributed by atoms with E-state index in [0.29, 0.717) is 12.5 Å². The van der Waals surface area contributed by atoms with Crippen LogP contribution in [0, 0.1) is 0 Å². The van der Waals surface area contributed by atoms with Crippen LogP contribution in [0.2, 0.25) is 0 Å². The Labute approximate surface area is 85.4 Å². The monoisotopic (exact) mass is 194 g/mol. The summed E-state index contributed by atoms with van der Waals surface area (Å²) in [4.78, 5) is 6.77. The molecule has 0 radical (unpaired) electrons. The largest absolute Gasteiger partial charge is 0.377 e. The van der Waals surface area contributed by atoms with E-state index in [1.54, 1.807) is 0 Å². The molecule has 0 aliphatic heterocycles. The average molecular weight is 194 g/mol. The second-order valence-electron chi connectivity index (χ2n) is 3.69. The van der Waals surface area contributed by atoms with Crippen molar-refractivity contribution < 1.29 is 4.84 Å². The summed E-state index contributed by atoms with van der Waals surface area (Å²) in [7, 11) is 4.07. The number of rotatable bonds is 4. The van der Waals surface area contributed by atoms with Crippen molar-refractivity contribution in [1.29, 1.82) is 0 Å². The third-order valence-electron chi connectivity index (χ3n) is 2.30. The fraction of sp³-hybridized carbons (Fsp3) is 0.455. The maximum atomic E-state index is 5.08. The van der Waals surface area contributed by atoms with Gasteiger partial charge in [0.1, 0.15) is 0 Å². The molecule has 1 aromatic carbocycles. The molecule has 1 aromatic rings. The molecule has 2 N–H and O–H groups in total. The number of benzene rings is 1. The topological polar surface area (TPSA) is 38.5 Å². The van der Waals surface area contributed by atoms with E-state index in [4.69, 9.17) is 5.90 Å². The van der Waals surface area contributed by atoms with Gasteiger partial charge in [0.05, 0.1) is 6.61 Å². The zero-order valence-electron chi connectivity index (χ0n) is 9.03. The molecule has 1 unspecified atom stereocenters. The molecule has 14 heavy (non-hydrogen) atoms. The van der Waals surface area contributed by atoms with Gasteiger partial charge in [0.25, 0.3) is 0 Å². The van der Waals surface area contributed by atoms with Gasteiger partial charge in [0, 0.05) is 25.7 Å². The highest BCUT2D eigenvalue weighted by atomic mass is 16.6. The van der Waals surface area contributed by atoms with Crippen LogP contribution >= 0.6 is 0 Å². The van der Waals surface area contributed by atoms with Crippen LogP contribution < -0.4 is 10.8 Å². The van der Waals surface area contributed by atoms with E-state index in [9.17, 15) is 0 Å². The standard InChI is InChI=1S/C11H18N2O/c1-9(8-14-12)10-6-4-5-7-11(10)13(2)3/h4-7,9H,8,12H2,1-3H3. The Balaban J connectivity index is 2.94. The Bertz CT molecular complexity index is 286. The van der Waals surface area contributed by atoms with E-state index in [1.165, 1.54) is 11.3 Å². The van der Waals surface area contributed by atoms with Crippen molar-refractivity contribution in [2.24, 2.45) is 5.90 Å². The van der Waals surface area contributed by atoms with Crippen LogP contribution in [-0.4, -0.2) is 20.7 Å². The van der Waals surface area contributed by atoms with E-state index in [1.807, 2.05) is 26.2 Å². The van der Waals surface area contributed by atoms with Crippen molar-refractivity contribution in [2.45, 2.75) is 12.8 Å². The van der Waals surface area contributed by atoms with E-state index in [0.717, 1.165) is 0 Å². The third kappa shape index (κ3) is 2.47. The van der Waals surface area contributed by atoms with E-state index < -0.39 is 0 Å². The molecule has 0 saturated heterocycles. The Morgan fingerprint density at radius 3 is 2.57 bits per heavy atom. The highest BCUT2D eigenvalue weighted by Gasteiger charge is 2.10. The Kier molecular flexibility index (Phi) is 3.92. The third-order valence-corrected chi connectivity index (χ3v) is 2.30. The summed E-state index contributed by atoms with van der Waals surface area (Å²) >= 11 is 0. The minimum absolute atomic E-state index is 0.318. The Morgan fingerprint density at radius 1 is 1.36 bits per heavy atom. The lowest BCUT2D eigenvalue weighted by atomic mass is 10.00. The summed E-state index contributed by atoms with van der Waals surface area (Å²) in [5, 5.41) is 0. The summed E-state index contributed by atoms with van der Waals surface area (Å²) in [6.45, 7) is 2.65. The van der Waals surface area contributed by atoms with Gasteiger partial charge in [-0.2, -0.15) is 0 Å². The lowest BCUT2D eigenvalue weighted by Gasteiger charge is -2.20. The van der Waals surface area contributed by atoms with Crippen LogP contribution in [0.15, 0.2) is 24.3 Å². The van der Waals surface area contributed by atoms with E-state index >= 15 is 0 Å². The molecule has 78 valence electrons. The molecule has 0 amide bonds. The molecule has 0 spiro atoms. The molecule has 0 aliphatic rings. The molecular formula is C11H18N2O. The summed E-state index contributed by atoms with van der Waals surface area (Å²) in [6, 6.07) is 8.28. The second kappa shape index (κ2) is 4.98. The summed E-state index contributed by atoms with van der Waals surface area (Å²) < 4.78 is 0. The van der Waals surface area contributed by atoms with Crippen LogP contribution in [0.25, 0.3) is 0 Å². The first-order valence-corrected chi connectivity index (χ1v) is 4.74. The van der Waals surface area contributed by atoms with Gasteiger partial charge in [-0.1, -0.05) is 25.1 Å². The van der Waals surface area contributed by atoms with Gasteiger partial charge in [0.2, 0.25) is 0 Å². The SMILES string of the molecule is CC(CON)c1ccccc1N(C)C. The molecule has 0 aromatic heterocycles. The minimum atomic E-state index is 0.318. The summed E-state index contributed by atoms with van der Waals surface area (Å²) in [5.74, 6) is 5.40. The zero-order chi connectivity index (χ0) is 10.6. The first kappa shape index (κ1) is 11.0. The number of nitrogens with two attached hydrogens (primary N) is 1. The summed E-state index contributed by atoms with van der Waals surface area (Å²) in [5.41, 5.74) is 2.49. The number of anilines is 1. The van der Waals surface area contributed by atoms with Gasteiger partial charge in [-0.05, 0) is 11.6 Å². The minimum Gasteiger partial charge on any atom is -0.377 e. The normalized spacial score (nSPS) is 12.6. The highest BCUT2D eigenvalue weighted by Crippen LogP contribution is 2.25. The molecule has 0 fully saturated rings. The van der Waals surface area contributed by atoms with Crippen molar-refractivity contribution in [3.63, 3.8) is 0 Å². The smallest absolute Gasteiger partial charge is 0.0745 e. The predicted octanol–water partition coefficient (Wildman–Crippen LogP) is 1.75. The van der Waals surface area contributed by atoms with Gasteiger partial charge in [-0.25, -0.2) is 5.90 Å². The quantitative estimate of drug-likeness (QED) is 0.742. The van der Waals surface area contributed by atoms with Crippen LogP contribution in [0.1, 0.15) is 18.4 Å². The number of hydrogen-bond donors (Lipinski definition) is 1. The average Bonchev–Trinajstić information content (AvgIpc) is 2.18. The van der Waals surface area contributed by atoms with Gasteiger partial charge in [-0.15, -0.1) is 0 Å². The van der Waals surface area contributed by atoms with Crippen LogP contribution in [0.3, 0.4) is 0 Å². The lowest BCUT2D eigenvalue weighted by Crippen LogP contribution is -2.15. The molecule has 1 rings (SSSR count). The first-order valence-electron chi connectivity index (χ1n) is 4.74. The van der Waals surface area contributed by atoms with E-state index in [-0.39, 0.29) is 0 Å². The van der Waals surface area contributed by atoms with Crippen molar-refractivity contribution in [3.05, 3.63) is 29.8 Å². The predicted molar refractivity (Wildman–Crippen MR) is 59.3 cm³/mol. The summed E-state index contributed by atoms with van der Waals surface area (Å²) in [6.07, 6.45) is 0. The molecule has 0 bridgehead atoms. The van der Waals surface area contributed by atoms with E-state index in [2.05, 4.69) is 28.8 Å². The van der Waals surface area contributed by atoms with Gasteiger partial charge in [-0.3, -0.25) is 0 Å². The van der Waals surface area contributed by atoms with Crippen molar-refractivity contribution in [3.8, 4) is 0 Å². The maximum Gasteiger partial charge on any atom is 0.0745 e. The van der Waals surface area contributed by atoms with Gasteiger partial charge in [0.15, 0.2) is 0 Å². The second-order valence-corrected chi connectivity index (χ2v) is 3.69. The van der Waals surface area contributed by atoms with Crippen LogP contribution in [0.4, 0.5) is 5.69 Å². The van der Waals surface area contributed by atoms with Crippen molar-refractivity contribution in [1.82, 2.24) is 0 Å². The highest BCUT2D eigenvalue weighted by molar-refractivity contribution is 5.53. The lowest BCUT2D eigenvalue weighted by molar-refractivity contribution is 0.127. The number of nitrogens with zero attached hydrogens (tertiary/aromatic N) is 1. The van der Waals surface area contributed by atoms with Gasteiger partial charge < -0.3 is 9.74 Å². The maximum absolute atomic E-state index is 5.08. The molecule has 0 heterocycles. The van der Waals surface area contributed by atoms with Crippen LogP contribution in [-0.2, 0) is 4.84 Å². The number of hydrogen-bond acceptors (Lipinski definition) is 3. The van der Waals surface area contributed by atoms with Crippen molar-refractivity contribution in [2.75, 3.05) is 25.6 Å². The molecule has 3 heteroatoms. The zero-order valence-corrected chi connectivity index (χ0v) is 9.03. The fourth-order valence-corrected chi connectivity index (χ4v) is 1.55. The Morgan fingerprint density at radius 2 is 2.00 bits per heavy atom. The molecule has 3 nitrogen and oxygen atoms in total. The fourth-order valence-electron chi connectivity index (χ4n) is 1.55. The van der Waals surface area contributed by atoms with Crippen molar-refractivity contribution >= 4 is 5.69 Å². The molecule has 0 aliphatic carbocycles. The molecule has 1 atom stereocenters. The first-order chi connectivity index (χ1) is 6.66. The van der Waals surface area contributed by atoms with Crippen LogP contribution in [0.5, 0.6) is 0 Å². The Hall–Kier alpha value is -1.06. The molecular weight excluding hydrogens is 176 g/mol. The van der Waals surface area contributed by atoms with Gasteiger partial charge >= 0.3 is 0 Å². The number of para-hydroxylation sites is 1.